The molecule has 1 aromatic heterocycles. The topological polar surface area (TPSA) is 47.0 Å². The zero-order valence-electron chi connectivity index (χ0n) is 14.9. The lowest BCUT2D eigenvalue weighted by Gasteiger charge is -2.19. The first-order valence-electron chi connectivity index (χ1n) is 8.26. The molecule has 3 nitrogen and oxygen atoms in total. The Balaban J connectivity index is 2.05. The number of sulfone groups is 1. The number of pyridine rings is 1. The largest absolute Gasteiger partial charge is 0.256 e. The molecule has 0 N–H and O–H groups in total. The van der Waals surface area contributed by atoms with Gasteiger partial charge in [-0.25, -0.2) is 8.42 Å². The summed E-state index contributed by atoms with van der Waals surface area (Å²) in [4.78, 5) is 4.87. The van der Waals surface area contributed by atoms with Crippen LogP contribution in [0.5, 0.6) is 0 Å². The van der Waals surface area contributed by atoms with E-state index in [1.54, 1.807) is 36.5 Å². The first-order chi connectivity index (χ1) is 12.2. The van der Waals surface area contributed by atoms with Crippen molar-refractivity contribution < 1.29 is 8.42 Å². The van der Waals surface area contributed by atoms with Gasteiger partial charge in [0.15, 0.2) is 0 Å². The van der Waals surface area contributed by atoms with Gasteiger partial charge < -0.3 is 0 Å². The van der Waals surface area contributed by atoms with E-state index in [-0.39, 0.29) is 10.3 Å². The number of hydrogen-bond acceptors (Lipinski definition) is 3. The molecule has 0 fully saturated rings. The Hall–Kier alpha value is -1.98. The third kappa shape index (κ3) is 3.74. The molecule has 134 valence electrons. The van der Waals surface area contributed by atoms with Crippen molar-refractivity contribution in [2.75, 3.05) is 0 Å². The van der Waals surface area contributed by atoms with Crippen LogP contribution in [0.3, 0.4) is 0 Å². The van der Waals surface area contributed by atoms with E-state index in [1.165, 1.54) is 0 Å². The molecule has 26 heavy (non-hydrogen) atoms. The van der Waals surface area contributed by atoms with E-state index >= 15 is 0 Å². The minimum atomic E-state index is -3.60. The fraction of sp³-hybridized carbons (Fsp3) is 0.190. The van der Waals surface area contributed by atoms with Crippen LogP contribution < -0.4 is 0 Å². The molecule has 0 atom stereocenters. The van der Waals surface area contributed by atoms with Crippen molar-refractivity contribution in [1.29, 1.82) is 0 Å². The highest BCUT2D eigenvalue weighted by Crippen LogP contribution is 2.32. The average molecular weight is 430 g/mol. The Morgan fingerprint density at radius 2 is 1.54 bits per heavy atom. The minimum absolute atomic E-state index is 0.0218. The fourth-order valence-electron chi connectivity index (χ4n) is 2.66. The van der Waals surface area contributed by atoms with Crippen LogP contribution in [-0.4, -0.2) is 13.4 Å². The Morgan fingerprint density at radius 1 is 0.885 bits per heavy atom. The molecule has 0 aliphatic rings. The average Bonchev–Trinajstić information content (AvgIpc) is 2.62. The normalized spacial score (nSPS) is 12.2. The summed E-state index contributed by atoms with van der Waals surface area (Å²) in [6.07, 6.45) is 1.69. The predicted octanol–water partition coefficient (Wildman–Crippen LogP) is 5.64. The van der Waals surface area contributed by atoms with Crippen molar-refractivity contribution in [3.8, 4) is 11.3 Å². The number of halogens is 1. The van der Waals surface area contributed by atoms with Gasteiger partial charge in [0.25, 0.3) is 0 Å². The van der Waals surface area contributed by atoms with Gasteiger partial charge in [-0.3, -0.25) is 4.98 Å². The second-order valence-electron chi connectivity index (χ2n) is 7.13. The van der Waals surface area contributed by atoms with Gasteiger partial charge in [-0.15, -0.1) is 0 Å². The summed E-state index contributed by atoms with van der Waals surface area (Å²) in [5.41, 5.74) is 2.55. The molecular weight excluding hydrogens is 410 g/mol. The van der Waals surface area contributed by atoms with Crippen molar-refractivity contribution >= 4 is 25.8 Å². The van der Waals surface area contributed by atoms with Crippen molar-refractivity contribution in [3.05, 3.63) is 76.9 Å². The molecule has 0 spiro atoms. The molecule has 0 saturated carbocycles. The quantitative estimate of drug-likeness (QED) is 0.540. The number of hydrogen-bond donors (Lipinski definition) is 0. The van der Waals surface area contributed by atoms with E-state index in [0.717, 1.165) is 21.3 Å². The molecule has 5 heteroatoms. The standard InChI is InChI=1S/C21H20BrNO2S/c1-21(2,3)15-7-9-16(10-8-15)26(24,25)17-11-12-19(22)18(14-17)20-6-4-5-13-23-20/h4-14H,1-3H3. The smallest absolute Gasteiger partial charge is 0.206 e. The second-order valence-corrected chi connectivity index (χ2v) is 9.94. The van der Waals surface area contributed by atoms with E-state index in [1.807, 2.05) is 30.3 Å². The molecule has 0 aliphatic carbocycles. The van der Waals surface area contributed by atoms with Crippen LogP contribution in [0.25, 0.3) is 11.3 Å². The summed E-state index contributed by atoms with van der Waals surface area (Å²) in [5.74, 6) is 0. The maximum Gasteiger partial charge on any atom is 0.206 e. The molecular formula is C21H20BrNO2S. The van der Waals surface area contributed by atoms with E-state index in [0.29, 0.717) is 4.90 Å². The molecule has 3 aromatic rings. The van der Waals surface area contributed by atoms with Crippen molar-refractivity contribution in [3.63, 3.8) is 0 Å². The van der Waals surface area contributed by atoms with E-state index in [9.17, 15) is 8.42 Å². The van der Waals surface area contributed by atoms with Gasteiger partial charge in [0.05, 0.1) is 15.5 Å². The van der Waals surface area contributed by atoms with E-state index in [4.69, 9.17) is 0 Å². The van der Waals surface area contributed by atoms with Crippen LogP contribution in [0.1, 0.15) is 26.3 Å². The van der Waals surface area contributed by atoms with Crippen molar-refractivity contribution in [2.24, 2.45) is 0 Å². The lowest BCUT2D eigenvalue weighted by atomic mass is 9.87. The molecule has 2 aromatic carbocycles. The van der Waals surface area contributed by atoms with Crippen LogP contribution in [0.2, 0.25) is 0 Å². The predicted molar refractivity (Wildman–Crippen MR) is 108 cm³/mol. The summed E-state index contributed by atoms with van der Waals surface area (Å²) in [6.45, 7) is 6.30. The van der Waals surface area contributed by atoms with Gasteiger partial charge in [-0.2, -0.15) is 0 Å². The van der Waals surface area contributed by atoms with Crippen LogP contribution in [0.4, 0.5) is 0 Å². The zero-order valence-corrected chi connectivity index (χ0v) is 17.3. The summed E-state index contributed by atoms with van der Waals surface area (Å²) in [5, 5.41) is 0. The third-order valence-electron chi connectivity index (χ3n) is 4.22. The molecule has 1 heterocycles. The highest BCUT2D eigenvalue weighted by atomic mass is 79.9. The lowest BCUT2D eigenvalue weighted by Crippen LogP contribution is -2.11. The molecule has 0 amide bonds. The molecule has 3 rings (SSSR count). The second kappa shape index (κ2) is 6.97. The summed E-state index contributed by atoms with van der Waals surface area (Å²) in [6, 6.07) is 17.7. The van der Waals surface area contributed by atoms with Crippen LogP contribution in [-0.2, 0) is 15.3 Å². The monoisotopic (exact) mass is 429 g/mol. The number of aromatic nitrogens is 1. The first-order valence-corrected chi connectivity index (χ1v) is 10.5. The van der Waals surface area contributed by atoms with Crippen LogP contribution in [0, 0.1) is 0 Å². The van der Waals surface area contributed by atoms with Crippen molar-refractivity contribution in [2.45, 2.75) is 36.0 Å². The SMILES string of the molecule is CC(C)(C)c1ccc(S(=O)(=O)c2ccc(Br)c(-c3ccccn3)c2)cc1. The summed E-state index contributed by atoms with van der Waals surface area (Å²) < 4.78 is 26.9. The van der Waals surface area contributed by atoms with Gasteiger partial charge >= 0.3 is 0 Å². The Morgan fingerprint density at radius 3 is 2.12 bits per heavy atom. The molecule has 0 unspecified atom stereocenters. The lowest BCUT2D eigenvalue weighted by molar-refractivity contribution is 0.586. The van der Waals surface area contributed by atoms with Gasteiger partial charge in [0.2, 0.25) is 9.84 Å². The summed E-state index contributed by atoms with van der Waals surface area (Å²) in [7, 11) is -3.60. The van der Waals surface area contributed by atoms with E-state index in [2.05, 4.69) is 41.7 Å². The van der Waals surface area contributed by atoms with Crippen LogP contribution >= 0.6 is 15.9 Å². The highest BCUT2D eigenvalue weighted by Gasteiger charge is 2.21. The molecule has 0 aliphatic heterocycles. The number of benzene rings is 2. The minimum Gasteiger partial charge on any atom is -0.256 e. The maximum atomic E-state index is 13.1. The molecule has 0 bridgehead atoms. The van der Waals surface area contributed by atoms with Gasteiger partial charge in [0, 0.05) is 16.2 Å². The van der Waals surface area contributed by atoms with Gasteiger partial charge in [-0.05, 0) is 53.4 Å². The maximum absolute atomic E-state index is 13.1. The first kappa shape index (κ1) is 18.8. The zero-order chi connectivity index (χ0) is 18.9. The summed E-state index contributed by atoms with van der Waals surface area (Å²) >= 11 is 3.49. The van der Waals surface area contributed by atoms with E-state index < -0.39 is 9.84 Å². The Bertz CT molecular complexity index is 1020. The number of nitrogens with zero attached hydrogens (tertiary/aromatic N) is 1. The third-order valence-corrected chi connectivity index (χ3v) is 6.68. The van der Waals surface area contributed by atoms with Gasteiger partial charge in [-0.1, -0.05) is 54.9 Å². The Labute approximate surface area is 163 Å². The van der Waals surface area contributed by atoms with Gasteiger partial charge in [0.1, 0.15) is 0 Å². The fourth-order valence-corrected chi connectivity index (χ4v) is 4.40. The van der Waals surface area contributed by atoms with Crippen molar-refractivity contribution in [1.82, 2.24) is 4.98 Å². The number of rotatable bonds is 3. The van der Waals surface area contributed by atoms with Crippen LogP contribution in [0.15, 0.2) is 81.1 Å². The Kier molecular flexibility index (Phi) is 5.04. The molecule has 0 radical (unpaired) electrons. The molecule has 0 saturated heterocycles. The highest BCUT2D eigenvalue weighted by molar-refractivity contribution is 9.10.